The molecular weight excluding hydrogens is 214 g/mol. The first-order valence-electron chi connectivity index (χ1n) is 4.48. The lowest BCUT2D eigenvalue weighted by Gasteiger charge is -2.04. The molecule has 0 unspecified atom stereocenters. The van der Waals surface area contributed by atoms with Crippen molar-refractivity contribution in [3.05, 3.63) is 24.0 Å². The Labute approximate surface area is 94.4 Å². The van der Waals surface area contributed by atoms with Gasteiger partial charge in [-0.15, -0.1) is 11.6 Å². The van der Waals surface area contributed by atoms with Crippen molar-refractivity contribution < 1.29 is 9.47 Å². The van der Waals surface area contributed by atoms with Gasteiger partial charge in [-0.25, -0.2) is 0 Å². The Kier molecular flexibility index (Phi) is 5.60. The maximum absolute atomic E-state index is 5.45. The molecule has 0 atom stereocenters. The monoisotopic (exact) mass is 225 g/mol. The molecule has 0 bridgehead atoms. The SMILES string of the molecule is COCCOc1cncc(C#CCCl)c1. The maximum atomic E-state index is 5.45. The zero-order valence-electron chi connectivity index (χ0n) is 8.50. The Morgan fingerprint density at radius 3 is 3.00 bits per heavy atom. The van der Waals surface area contributed by atoms with Crippen LogP contribution in [0.5, 0.6) is 5.75 Å². The number of hydrogen-bond donors (Lipinski definition) is 0. The Balaban J connectivity index is 2.57. The third-order valence-corrected chi connectivity index (χ3v) is 1.70. The summed E-state index contributed by atoms with van der Waals surface area (Å²) in [5.41, 5.74) is 0.797. The summed E-state index contributed by atoms with van der Waals surface area (Å²) in [5, 5.41) is 0. The molecule has 0 aliphatic heterocycles. The molecule has 0 fully saturated rings. The molecule has 15 heavy (non-hydrogen) atoms. The molecule has 0 aliphatic rings. The van der Waals surface area contributed by atoms with Crippen molar-refractivity contribution in [2.24, 2.45) is 0 Å². The first kappa shape index (κ1) is 11.8. The van der Waals surface area contributed by atoms with Crippen molar-refractivity contribution in [3.63, 3.8) is 0 Å². The number of nitrogens with zero attached hydrogens (tertiary/aromatic N) is 1. The number of halogens is 1. The highest BCUT2D eigenvalue weighted by molar-refractivity contribution is 6.19. The van der Waals surface area contributed by atoms with Gasteiger partial charge in [0.2, 0.25) is 0 Å². The summed E-state index contributed by atoms with van der Waals surface area (Å²) in [7, 11) is 1.63. The van der Waals surface area contributed by atoms with Gasteiger partial charge in [0.1, 0.15) is 12.4 Å². The molecule has 0 saturated heterocycles. The number of aromatic nitrogens is 1. The van der Waals surface area contributed by atoms with Crippen molar-refractivity contribution >= 4 is 11.6 Å². The molecule has 1 heterocycles. The smallest absolute Gasteiger partial charge is 0.138 e. The van der Waals surface area contributed by atoms with Crippen molar-refractivity contribution in [1.29, 1.82) is 0 Å². The number of rotatable bonds is 4. The fourth-order valence-electron chi connectivity index (χ4n) is 0.944. The number of pyridine rings is 1. The quantitative estimate of drug-likeness (QED) is 0.444. The third-order valence-electron chi connectivity index (χ3n) is 1.57. The van der Waals surface area contributed by atoms with Crippen LogP contribution >= 0.6 is 11.6 Å². The average Bonchev–Trinajstić information content (AvgIpc) is 2.27. The molecule has 1 aromatic heterocycles. The predicted octanol–water partition coefficient (Wildman–Crippen LogP) is 1.70. The molecule has 0 aromatic carbocycles. The molecule has 80 valence electrons. The molecule has 0 aliphatic carbocycles. The minimum atomic E-state index is 0.314. The van der Waals surface area contributed by atoms with E-state index >= 15 is 0 Å². The standard InChI is InChI=1S/C11H12ClNO2/c1-14-5-6-15-11-7-10(3-2-4-12)8-13-9-11/h7-9H,4-6H2,1H3. The highest BCUT2D eigenvalue weighted by atomic mass is 35.5. The summed E-state index contributed by atoms with van der Waals surface area (Å²) < 4.78 is 10.2. The highest BCUT2D eigenvalue weighted by Crippen LogP contribution is 2.09. The van der Waals surface area contributed by atoms with E-state index in [1.807, 2.05) is 6.07 Å². The van der Waals surface area contributed by atoms with Gasteiger partial charge in [-0.05, 0) is 6.07 Å². The number of ether oxygens (including phenoxy) is 2. The van der Waals surface area contributed by atoms with Gasteiger partial charge in [-0.1, -0.05) is 11.8 Å². The van der Waals surface area contributed by atoms with Crippen LogP contribution in [0.4, 0.5) is 0 Å². The second kappa shape index (κ2) is 7.10. The van der Waals surface area contributed by atoms with Gasteiger partial charge in [0.05, 0.1) is 18.7 Å². The van der Waals surface area contributed by atoms with Gasteiger partial charge >= 0.3 is 0 Å². The first-order chi connectivity index (χ1) is 7.36. The Morgan fingerprint density at radius 2 is 2.27 bits per heavy atom. The second-order valence-electron chi connectivity index (χ2n) is 2.69. The maximum Gasteiger partial charge on any atom is 0.138 e. The largest absolute Gasteiger partial charge is 0.490 e. The topological polar surface area (TPSA) is 31.4 Å². The molecule has 3 nitrogen and oxygen atoms in total. The lowest BCUT2D eigenvalue weighted by atomic mass is 10.3. The van der Waals surface area contributed by atoms with Crippen LogP contribution in [0, 0.1) is 11.8 Å². The molecular formula is C11H12ClNO2. The Bertz CT molecular complexity index is 357. The van der Waals surface area contributed by atoms with E-state index in [0.29, 0.717) is 24.8 Å². The van der Waals surface area contributed by atoms with Crippen molar-refractivity contribution in [2.75, 3.05) is 26.2 Å². The normalized spacial score (nSPS) is 9.20. The fourth-order valence-corrected chi connectivity index (χ4v) is 1.01. The molecule has 0 saturated carbocycles. The van der Waals surface area contributed by atoms with E-state index in [0.717, 1.165) is 5.56 Å². The van der Waals surface area contributed by atoms with Crippen molar-refractivity contribution in [3.8, 4) is 17.6 Å². The van der Waals surface area contributed by atoms with Crippen LogP contribution in [-0.4, -0.2) is 31.2 Å². The summed E-state index contributed by atoms with van der Waals surface area (Å²) in [6, 6.07) is 1.82. The van der Waals surface area contributed by atoms with Gasteiger partial charge in [-0.3, -0.25) is 4.98 Å². The van der Waals surface area contributed by atoms with Gasteiger partial charge < -0.3 is 9.47 Å². The van der Waals surface area contributed by atoms with E-state index in [1.54, 1.807) is 19.5 Å². The Hall–Kier alpha value is -1.24. The lowest BCUT2D eigenvalue weighted by molar-refractivity contribution is 0.146. The second-order valence-corrected chi connectivity index (χ2v) is 2.95. The van der Waals surface area contributed by atoms with E-state index in [-0.39, 0.29) is 0 Å². The average molecular weight is 226 g/mol. The molecule has 0 radical (unpaired) electrons. The summed E-state index contributed by atoms with van der Waals surface area (Å²) in [6.45, 7) is 1.06. The van der Waals surface area contributed by atoms with Gasteiger partial charge in [0, 0.05) is 18.9 Å². The first-order valence-corrected chi connectivity index (χ1v) is 5.02. The van der Waals surface area contributed by atoms with E-state index in [1.165, 1.54) is 0 Å². The van der Waals surface area contributed by atoms with Crippen LogP contribution in [0.25, 0.3) is 0 Å². The number of hydrogen-bond acceptors (Lipinski definition) is 3. The van der Waals surface area contributed by atoms with Gasteiger partial charge in [0.25, 0.3) is 0 Å². The third kappa shape index (κ3) is 4.68. The van der Waals surface area contributed by atoms with E-state index in [2.05, 4.69) is 16.8 Å². The minimum Gasteiger partial charge on any atom is -0.490 e. The molecule has 0 amide bonds. The van der Waals surface area contributed by atoms with Gasteiger partial charge in [0.15, 0.2) is 0 Å². The summed E-state index contributed by atoms with van der Waals surface area (Å²) in [5.74, 6) is 6.63. The van der Waals surface area contributed by atoms with Crippen LogP contribution in [-0.2, 0) is 4.74 Å². The molecule has 0 N–H and O–H groups in total. The van der Waals surface area contributed by atoms with Crippen LogP contribution < -0.4 is 4.74 Å². The molecule has 1 aromatic rings. The van der Waals surface area contributed by atoms with E-state index in [9.17, 15) is 0 Å². The Morgan fingerprint density at radius 1 is 1.40 bits per heavy atom. The van der Waals surface area contributed by atoms with Crippen molar-refractivity contribution in [2.45, 2.75) is 0 Å². The summed E-state index contributed by atoms with van der Waals surface area (Å²) in [6.07, 6.45) is 3.31. The minimum absolute atomic E-state index is 0.314. The number of methoxy groups -OCH3 is 1. The fraction of sp³-hybridized carbons (Fsp3) is 0.364. The predicted molar refractivity (Wildman–Crippen MR) is 59.2 cm³/mol. The molecule has 0 spiro atoms. The summed E-state index contributed by atoms with van der Waals surface area (Å²) >= 11 is 5.45. The lowest BCUT2D eigenvalue weighted by Crippen LogP contribution is -2.04. The number of alkyl halides is 1. The van der Waals surface area contributed by atoms with Crippen LogP contribution in [0.3, 0.4) is 0 Å². The van der Waals surface area contributed by atoms with Crippen LogP contribution in [0.2, 0.25) is 0 Å². The van der Waals surface area contributed by atoms with Crippen LogP contribution in [0.15, 0.2) is 18.5 Å². The van der Waals surface area contributed by atoms with Gasteiger partial charge in [-0.2, -0.15) is 0 Å². The molecule has 4 heteroatoms. The highest BCUT2D eigenvalue weighted by Gasteiger charge is 1.95. The van der Waals surface area contributed by atoms with E-state index < -0.39 is 0 Å². The van der Waals surface area contributed by atoms with E-state index in [4.69, 9.17) is 21.1 Å². The zero-order chi connectivity index (χ0) is 10.9. The van der Waals surface area contributed by atoms with Crippen LogP contribution in [0.1, 0.15) is 5.56 Å². The summed E-state index contributed by atoms with van der Waals surface area (Å²) in [4.78, 5) is 4.00. The molecule has 1 rings (SSSR count). The van der Waals surface area contributed by atoms with Crippen molar-refractivity contribution in [1.82, 2.24) is 4.98 Å². The zero-order valence-corrected chi connectivity index (χ0v) is 9.25.